The molecule has 0 spiro atoms. The lowest BCUT2D eigenvalue weighted by Gasteiger charge is -2.30. The molecule has 0 aliphatic carbocycles. The van der Waals surface area contributed by atoms with E-state index in [-0.39, 0.29) is 24.9 Å². The van der Waals surface area contributed by atoms with Gasteiger partial charge < -0.3 is 28.5 Å². The Balaban J connectivity index is 4.99. The van der Waals surface area contributed by atoms with E-state index in [9.17, 15) is 19.0 Å². The Bertz CT molecular complexity index is 1890. The van der Waals surface area contributed by atoms with E-state index in [1.165, 1.54) is 180 Å². The van der Waals surface area contributed by atoms with Crippen LogP contribution in [0.1, 0.15) is 329 Å². The molecule has 0 fully saturated rings. The first-order chi connectivity index (χ1) is 43.4. The summed E-state index contributed by atoms with van der Waals surface area (Å²) in [5.74, 6) is -0.547. The highest BCUT2D eigenvalue weighted by molar-refractivity contribution is 7.45. The second-order valence-corrected chi connectivity index (χ2v) is 27.5. The summed E-state index contributed by atoms with van der Waals surface area (Å²) >= 11 is 0. The number of ether oxygens (including phenoxy) is 1. The Kier molecular flexibility index (Phi) is 65.0. The molecule has 0 aliphatic rings. The first kappa shape index (κ1) is 85.7. The summed E-state index contributed by atoms with van der Waals surface area (Å²) in [7, 11) is 1.17. The van der Waals surface area contributed by atoms with E-state index in [4.69, 9.17) is 13.8 Å². The summed E-state index contributed by atoms with van der Waals surface area (Å²) in [6.07, 6.45) is 93.6. The van der Waals surface area contributed by atoms with Gasteiger partial charge in [0, 0.05) is 12.8 Å². The molecule has 3 unspecified atom stereocenters. The van der Waals surface area contributed by atoms with Crippen LogP contribution in [0.2, 0.25) is 0 Å². The molecule has 0 bridgehead atoms. The SMILES string of the molecule is CC/C=C\C/C=C\C/C=C\C/C=C\C/C=C\C/C=C\CCCCCCCCCCC(=O)NC(COP(=O)([O-])OCC[N+](C)(C)C)C(/C=C/CCCCCCCCCCC)OC(=O)CCCCCCCCCCCCCCCCC/C=C\C/C=C\CCCCC. The van der Waals surface area contributed by atoms with Crippen molar-refractivity contribution >= 4 is 19.7 Å². The molecule has 0 saturated heterocycles. The van der Waals surface area contributed by atoms with Crippen LogP contribution < -0.4 is 10.2 Å². The van der Waals surface area contributed by atoms with E-state index >= 15 is 0 Å². The zero-order valence-electron chi connectivity index (χ0n) is 58.9. The number of carbonyl (C=O) groups is 2. The Morgan fingerprint density at radius 1 is 0.404 bits per heavy atom. The molecule has 3 atom stereocenters. The van der Waals surface area contributed by atoms with Gasteiger partial charge in [-0.2, -0.15) is 0 Å². The number of phosphoric ester groups is 1. The van der Waals surface area contributed by atoms with E-state index in [1.54, 1.807) is 0 Å². The summed E-state index contributed by atoms with van der Waals surface area (Å²) in [5.41, 5.74) is 0. The molecule has 89 heavy (non-hydrogen) atoms. The number of rotatable bonds is 67. The Labute approximate surface area is 551 Å². The van der Waals surface area contributed by atoms with E-state index in [2.05, 4.69) is 123 Å². The molecule has 0 aromatic carbocycles. The minimum absolute atomic E-state index is 0.0279. The lowest BCUT2D eigenvalue weighted by Crippen LogP contribution is -2.47. The maximum absolute atomic E-state index is 13.6. The number of hydrogen-bond acceptors (Lipinski definition) is 7. The van der Waals surface area contributed by atoms with Gasteiger partial charge in [0.25, 0.3) is 7.82 Å². The zero-order valence-corrected chi connectivity index (χ0v) is 59.8. The Morgan fingerprint density at radius 3 is 1.10 bits per heavy atom. The van der Waals surface area contributed by atoms with Gasteiger partial charge in [-0.1, -0.05) is 310 Å². The van der Waals surface area contributed by atoms with Crippen LogP contribution in [0.15, 0.2) is 109 Å². The molecular formula is C79H141N2O7P. The van der Waals surface area contributed by atoms with Crippen molar-refractivity contribution in [3.63, 3.8) is 0 Å². The molecule has 0 saturated carbocycles. The molecule has 514 valence electrons. The van der Waals surface area contributed by atoms with Crippen LogP contribution in [0.25, 0.3) is 0 Å². The highest BCUT2D eigenvalue weighted by Crippen LogP contribution is 2.38. The first-order valence-corrected chi connectivity index (χ1v) is 38.7. The highest BCUT2D eigenvalue weighted by Gasteiger charge is 2.27. The van der Waals surface area contributed by atoms with Crippen LogP contribution in [0.3, 0.4) is 0 Å². The summed E-state index contributed by atoms with van der Waals surface area (Å²) in [6, 6.07) is -0.900. The summed E-state index contributed by atoms with van der Waals surface area (Å²) in [4.78, 5) is 40.2. The van der Waals surface area contributed by atoms with Crippen molar-refractivity contribution < 1.29 is 37.3 Å². The number of nitrogens with zero attached hydrogens (tertiary/aromatic N) is 1. The number of esters is 1. The fraction of sp³-hybridized carbons (Fsp3) is 0.747. The number of allylic oxidation sites excluding steroid dienone is 17. The van der Waals surface area contributed by atoms with Crippen molar-refractivity contribution in [1.29, 1.82) is 0 Å². The number of carbonyl (C=O) groups excluding carboxylic acids is 2. The van der Waals surface area contributed by atoms with E-state index in [0.717, 1.165) is 116 Å². The van der Waals surface area contributed by atoms with Gasteiger partial charge in [-0.05, 0) is 115 Å². The second kappa shape index (κ2) is 67.6. The van der Waals surface area contributed by atoms with Crippen LogP contribution in [-0.2, 0) is 27.9 Å². The van der Waals surface area contributed by atoms with Gasteiger partial charge in [-0.3, -0.25) is 14.2 Å². The highest BCUT2D eigenvalue weighted by atomic mass is 31.2. The third kappa shape index (κ3) is 68.9. The summed E-state index contributed by atoms with van der Waals surface area (Å²) in [6.45, 7) is 6.72. The van der Waals surface area contributed by atoms with Crippen molar-refractivity contribution in [2.75, 3.05) is 40.9 Å². The topological polar surface area (TPSA) is 114 Å². The van der Waals surface area contributed by atoms with Gasteiger partial charge in [-0.25, -0.2) is 0 Å². The first-order valence-electron chi connectivity index (χ1n) is 37.2. The molecule has 0 heterocycles. The smallest absolute Gasteiger partial charge is 0.306 e. The largest absolute Gasteiger partial charge is 0.756 e. The Hall–Kier alpha value is -3.33. The lowest BCUT2D eigenvalue weighted by atomic mass is 10.0. The van der Waals surface area contributed by atoms with Crippen LogP contribution in [0.5, 0.6) is 0 Å². The third-order valence-corrected chi connectivity index (χ3v) is 17.2. The van der Waals surface area contributed by atoms with Crippen molar-refractivity contribution in [1.82, 2.24) is 5.32 Å². The van der Waals surface area contributed by atoms with Gasteiger partial charge in [-0.15, -0.1) is 0 Å². The summed E-state index contributed by atoms with van der Waals surface area (Å²) in [5, 5.41) is 3.04. The van der Waals surface area contributed by atoms with Gasteiger partial charge in [0.05, 0.1) is 33.8 Å². The molecule has 0 rings (SSSR count). The Morgan fingerprint density at radius 2 is 0.719 bits per heavy atom. The summed E-state index contributed by atoms with van der Waals surface area (Å²) < 4.78 is 30.5. The molecule has 0 radical (unpaired) electrons. The van der Waals surface area contributed by atoms with E-state index in [0.29, 0.717) is 17.4 Å². The minimum atomic E-state index is -4.71. The molecule has 9 nitrogen and oxygen atoms in total. The molecule has 1 N–H and O–H groups in total. The molecule has 0 aromatic rings. The lowest BCUT2D eigenvalue weighted by molar-refractivity contribution is -0.870. The molecular weight excluding hydrogens is 1120 g/mol. The monoisotopic (exact) mass is 1260 g/mol. The number of phosphoric acid groups is 1. The average molecular weight is 1260 g/mol. The van der Waals surface area contributed by atoms with Gasteiger partial charge in [0.1, 0.15) is 19.3 Å². The maximum Gasteiger partial charge on any atom is 0.306 e. The van der Waals surface area contributed by atoms with Gasteiger partial charge in [0.2, 0.25) is 5.91 Å². The van der Waals surface area contributed by atoms with Crippen molar-refractivity contribution in [3.05, 3.63) is 109 Å². The normalized spacial score (nSPS) is 14.1. The number of hydrogen-bond donors (Lipinski definition) is 1. The maximum atomic E-state index is 13.6. The standard InChI is InChI=1S/C79H141N2O7P/c1-7-10-13-16-19-22-25-27-29-31-33-35-37-39-40-42-43-45-47-49-51-53-56-59-62-65-68-71-78(82)80-76(75-87-89(84,85)86-74-73-81(4,5)6)77(70-67-64-61-58-55-24-21-18-15-12-9-3)88-79(83)72-69-66-63-60-57-54-52-50-48-46-44-41-38-36-34-32-30-28-26-23-20-17-14-11-8-2/h10,13,19-20,22-23,27-30,33,35,39-40,43,45,67,70,76-77H,7-9,11-12,14-18,21,24-26,31-32,34,36-38,41-42,44,46-66,68-69,71-75H2,1-6H3,(H-,80,82,84,85)/b13-10-,22-19-,23-20-,29-27-,30-28-,35-33-,40-39-,45-43-,70-67+. The molecule has 10 heteroatoms. The molecule has 1 amide bonds. The fourth-order valence-corrected chi connectivity index (χ4v) is 11.2. The number of nitrogens with one attached hydrogen (secondary N) is 1. The van der Waals surface area contributed by atoms with Crippen molar-refractivity contribution in [3.8, 4) is 0 Å². The van der Waals surface area contributed by atoms with Crippen LogP contribution in [0.4, 0.5) is 0 Å². The van der Waals surface area contributed by atoms with Crippen LogP contribution in [-0.4, -0.2) is 69.4 Å². The predicted octanol–water partition coefficient (Wildman–Crippen LogP) is 23.4. The number of amides is 1. The number of quaternary nitrogens is 1. The van der Waals surface area contributed by atoms with Crippen molar-refractivity contribution in [2.45, 2.75) is 341 Å². The van der Waals surface area contributed by atoms with Crippen LogP contribution in [0, 0.1) is 0 Å². The number of likely N-dealkylation sites (N-methyl/N-ethyl adjacent to an activating group) is 1. The predicted molar refractivity (Wildman–Crippen MR) is 385 cm³/mol. The second-order valence-electron chi connectivity index (χ2n) is 26.1. The van der Waals surface area contributed by atoms with Crippen LogP contribution >= 0.6 is 7.82 Å². The van der Waals surface area contributed by atoms with E-state index < -0.39 is 26.6 Å². The quantitative estimate of drug-likeness (QED) is 0.0212. The zero-order chi connectivity index (χ0) is 64.9. The van der Waals surface area contributed by atoms with Crippen molar-refractivity contribution in [2.24, 2.45) is 0 Å². The average Bonchev–Trinajstić information content (AvgIpc) is 3.70. The third-order valence-electron chi connectivity index (χ3n) is 16.2. The molecule has 0 aliphatic heterocycles. The van der Waals surface area contributed by atoms with Gasteiger partial charge >= 0.3 is 5.97 Å². The minimum Gasteiger partial charge on any atom is -0.756 e. The molecule has 0 aromatic heterocycles. The fourth-order valence-electron chi connectivity index (χ4n) is 10.5. The van der Waals surface area contributed by atoms with Gasteiger partial charge in [0.15, 0.2) is 0 Å². The van der Waals surface area contributed by atoms with E-state index in [1.807, 2.05) is 33.3 Å². The number of unbranched alkanes of at least 4 members (excludes halogenated alkanes) is 35.